The zero-order chi connectivity index (χ0) is 20.9. The standard InChI is InChI=1S/C18H26N2O6S2/c1-3-5-10-20-27(22,23)16-9-6-8-13-11-14(12-15(21)18(13)16)28(24,25)26-17(19)7-4-2/h6,8-9,11-12,17,20-21H,3-5,7,10,19H2,1-2H3. The van der Waals surface area contributed by atoms with Crippen molar-refractivity contribution in [3.8, 4) is 5.75 Å². The van der Waals surface area contributed by atoms with Crippen LogP contribution in [0.4, 0.5) is 0 Å². The molecule has 156 valence electrons. The van der Waals surface area contributed by atoms with Crippen molar-refractivity contribution in [3.63, 3.8) is 0 Å². The summed E-state index contributed by atoms with van der Waals surface area (Å²) >= 11 is 0. The fraction of sp³-hybridized carbons (Fsp3) is 0.444. The van der Waals surface area contributed by atoms with E-state index in [1.54, 1.807) is 0 Å². The van der Waals surface area contributed by atoms with E-state index in [9.17, 15) is 21.9 Å². The molecule has 0 heterocycles. The first kappa shape index (κ1) is 22.6. The smallest absolute Gasteiger partial charge is 0.298 e. The van der Waals surface area contributed by atoms with Crippen LogP contribution in [-0.4, -0.2) is 34.7 Å². The van der Waals surface area contributed by atoms with Crippen molar-refractivity contribution < 1.29 is 26.1 Å². The largest absolute Gasteiger partial charge is 0.507 e. The van der Waals surface area contributed by atoms with Crippen LogP contribution in [0.25, 0.3) is 10.8 Å². The molecule has 0 fully saturated rings. The number of benzene rings is 2. The number of hydrogen-bond acceptors (Lipinski definition) is 7. The van der Waals surface area contributed by atoms with Gasteiger partial charge < -0.3 is 10.8 Å². The van der Waals surface area contributed by atoms with Crippen LogP contribution < -0.4 is 10.5 Å². The molecule has 0 saturated heterocycles. The van der Waals surface area contributed by atoms with Gasteiger partial charge in [0.05, 0.1) is 9.79 Å². The molecule has 0 saturated carbocycles. The van der Waals surface area contributed by atoms with Gasteiger partial charge in [0.1, 0.15) is 12.0 Å². The lowest BCUT2D eigenvalue weighted by Crippen LogP contribution is -2.27. The molecule has 0 amide bonds. The molecular formula is C18H26N2O6S2. The first-order valence-corrected chi connectivity index (χ1v) is 12.0. The fourth-order valence-corrected chi connectivity index (χ4v) is 5.10. The van der Waals surface area contributed by atoms with Crippen molar-refractivity contribution in [2.24, 2.45) is 5.73 Å². The SMILES string of the molecule is CCCCNS(=O)(=O)c1cccc2cc(S(=O)(=O)OC(N)CCC)cc(O)c12. The molecule has 4 N–H and O–H groups in total. The van der Waals surface area contributed by atoms with Crippen LogP contribution in [-0.2, 0) is 24.3 Å². The van der Waals surface area contributed by atoms with Crippen LogP contribution >= 0.6 is 0 Å². The van der Waals surface area contributed by atoms with Crippen LogP contribution in [0.3, 0.4) is 0 Å². The molecule has 0 aliphatic carbocycles. The predicted molar refractivity (Wildman–Crippen MR) is 107 cm³/mol. The van der Waals surface area contributed by atoms with Gasteiger partial charge in [-0.05, 0) is 30.4 Å². The summed E-state index contributed by atoms with van der Waals surface area (Å²) < 4.78 is 57.5. The summed E-state index contributed by atoms with van der Waals surface area (Å²) in [5.41, 5.74) is 5.65. The highest BCUT2D eigenvalue weighted by Crippen LogP contribution is 2.34. The van der Waals surface area contributed by atoms with Crippen LogP contribution in [0, 0.1) is 0 Å². The predicted octanol–water partition coefficient (Wildman–Crippen LogP) is 2.41. The number of hydrogen-bond donors (Lipinski definition) is 3. The second kappa shape index (κ2) is 9.19. The zero-order valence-corrected chi connectivity index (χ0v) is 17.5. The van der Waals surface area contributed by atoms with E-state index in [4.69, 9.17) is 9.92 Å². The van der Waals surface area contributed by atoms with Crippen molar-refractivity contribution in [3.05, 3.63) is 30.3 Å². The number of nitrogens with one attached hydrogen (secondary N) is 1. The minimum atomic E-state index is -4.21. The second-order valence-electron chi connectivity index (χ2n) is 6.43. The Morgan fingerprint density at radius 3 is 2.50 bits per heavy atom. The summed E-state index contributed by atoms with van der Waals surface area (Å²) in [6, 6.07) is 6.59. The first-order valence-electron chi connectivity index (χ1n) is 9.06. The summed E-state index contributed by atoms with van der Waals surface area (Å²) in [7, 11) is -8.08. The van der Waals surface area contributed by atoms with E-state index < -0.39 is 32.1 Å². The molecule has 2 aromatic carbocycles. The first-order chi connectivity index (χ1) is 13.1. The van der Waals surface area contributed by atoms with Crippen molar-refractivity contribution in [2.75, 3.05) is 6.54 Å². The van der Waals surface area contributed by atoms with Crippen molar-refractivity contribution in [1.29, 1.82) is 0 Å². The molecule has 0 aliphatic rings. The van der Waals surface area contributed by atoms with Gasteiger partial charge in [-0.1, -0.05) is 38.8 Å². The lowest BCUT2D eigenvalue weighted by Gasteiger charge is -2.14. The van der Waals surface area contributed by atoms with Gasteiger partial charge in [-0.3, -0.25) is 0 Å². The lowest BCUT2D eigenvalue weighted by atomic mass is 10.1. The molecular weight excluding hydrogens is 404 g/mol. The number of phenols is 1. The van der Waals surface area contributed by atoms with Gasteiger partial charge in [-0.2, -0.15) is 8.42 Å². The van der Waals surface area contributed by atoms with E-state index in [0.717, 1.165) is 12.5 Å². The maximum atomic E-state index is 12.6. The molecule has 0 aliphatic heterocycles. The molecule has 0 spiro atoms. The third kappa shape index (κ3) is 5.21. The number of fused-ring (bicyclic) bond motifs is 1. The maximum Gasteiger partial charge on any atom is 0.298 e. The average Bonchev–Trinajstić information content (AvgIpc) is 2.61. The van der Waals surface area contributed by atoms with Gasteiger partial charge in [-0.25, -0.2) is 17.3 Å². The molecule has 0 bridgehead atoms. The van der Waals surface area contributed by atoms with Gasteiger partial charge >= 0.3 is 0 Å². The Morgan fingerprint density at radius 2 is 1.86 bits per heavy atom. The molecule has 2 rings (SSSR count). The minimum absolute atomic E-state index is 0.0447. The quantitative estimate of drug-likeness (QED) is 0.299. The molecule has 10 heteroatoms. The number of sulfonamides is 1. The van der Waals surface area contributed by atoms with E-state index in [1.165, 1.54) is 24.3 Å². The molecule has 28 heavy (non-hydrogen) atoms. The van der Waals surface area contributed by atoms with E-state index in [2.05, 4.69) is 4.72 Å². The zero-order valence-electron chi connectivity index (χ0n) is 15.9. The Kier molecular flexibility index (Phi) is 7.40. The van der Waals surface area contributed by atoms with Gasteiger partial charge in [0.15, 0.2) is 0 Å². The monoisotopic (exact) mass is 430 g/mol. The second-order valence-corrected chi connectivity index (χ2v) is 9.73. The van der Waals surface area contributed by atoms with Crippen molar-refractivity contribution in [1.82, 2.24) is 4.72 Å². The van der Waals surface area contributed by atoms with E-state index in [0.29, 0.717) is 19.3 Å². The molecule has 1 unspecified atom stereocenters. The van der Waals surface area contributed by atoms with E-state index in [-0.39, 0.29) is 27.1 Å². The van der Waals surface area contributed by atoms with Gasteiger partial charge in [0, 0.05) is 18.0 Å². The molecule has 2 aromatic rings. The van der Waals surface area contributed by atoms with Gasteiger partial charge in [0.25, 0.3) is 10.1 Å². The number of aromatic hydroxyl groups is 1. The number of unbranched alkanes of at least 4 members (excludes halogenated alkanes) is 1. The molecule has 0 aromatic heterocycles. The lowest BCUT2D eigenvalue weighted by molar-refractivity contribution is 0.205. The van der Waals surface area contributed by atoms with Crippen molar-refractivity contribution in [2.45, 2.75) is 55.5 Å². The summed E-state index contributed by atoms with van der Waals surface area (Å²) in [6.45, 7) is 4.05. The average molecular weight is 431 g/mol. The Labute approximate surface area is 165 Å². The van der Waals surface area contributed by atoms with Gasteiger partial charge in [0.2, 0.25) is 10.0 Å². The normalized spacial score (nSPS) is 13.7. The highest BCUT2D eigenvalue weighted by Gasteiger charge is 2.24. The van der Waals surface area contributed by atoms with Crippen LogP contribution in [0.5, 0.6) is 5.75 Å². The summed E-state index contributed by atoms with van der Waals surface area (Å²) in [5.74, 6) is -0.472. The molecule has 0 radical (unpaired) electrons. The fourth-order valence-electron chi connectivity index (χ4n) is 2.72. The Hall–Kier alpha value is -1.72. The number of phenolic OH excluding ortho intramolecular Hbond substituents is 1. The summed E-state index contributed by atoms with van der Waals surface area (Å²) in [5, 5.41) is 10.7. The highest BCUT2D eigenvalue weighted by molar-refractivity contribution is 7.89. The van der Waals surface area contributed by atoms with E-state index >= 15 is 0 Å². The van der Waals surface area contributed by atoms with Gasteiger partial charge in [-0.15, -0.1) is 0 Å². The molecule has 1 atom stereocenters. The topological polar surface area (TPSA) is 136 Å². The summed E-state index contributed by atoms with van der Waals surface area (Å²) in [4.78, 5) is -0.413. The van der Waals surface area contributed by atoms with Crippen LogP contribution in [0.1, 0.15) is 39.5 Å². The third-order valence-electron chi connectivity index (χ3n) is 4.12. The Morgan fingerprint density at radius 1 is 1.14 bits per heavy atom. The highest BCUT2D eigenvalue weighted by atomic mass is 32.2. The number of nitrogens with two attached hydrogens (primary N) is 1. The van der Waals surface area contributed by atoms with E-state index in [1.807, 2.05) is 13.8 Å². The Balaban J connectivity index is 2.50. The summed E-state index contributed by atoms with van der Waals surface area (Å²) in [6.07, 6.45) is 1.50. The molecule has 8 nitrogen and oxygen atoms in total. The minimum Gasteiger partial charge on any atom is -0.507 e. The van der Waals surface area contributed by atoms with Crippen LogP contribution in [0.15, 0.2) is 40.1 Å². The maximum absolute atomic E-state index is 12.6. The Bertz CT molecular complexity index is 1040. The number of rotatable bonds is 10. The van der Waals surface area contributed by atoms with Crippen molar-refractivity contribution >= 4 is 30.9 Å². The van der Waals surface area contributed by atoms with Crippen LogP contribution in [0.2, 0.25) is 0 Å². The third-order valence-corrected chi connectivity index (χ3v) is 6.93.